The molecule has 1 amide bonds. The van der Waals surface area contributed by atoms with Gasteiger partial charge >= 0.3 is 0 Å². The lowest BCUT2D eigenvalue weighted by Gasteiger charge is -2.21. The van der Waals surface area contributed by atoms with Gasteiger partial charge in [0, 0.05) is 29.9 Å². The molecule has 3 rings (SSSR count). The summed E-state index contributed by atoms with van der Waals surface area (Å²) in [6, 6.07) is 7.23. The SMILES string of the molecule is O=C(Nc1ccc(F)c(Cl)c1)c1ccc(CF)c(S(=O)(=O)N2CCC[C@H](F)CC2)c1. The van der Waals surface area contributed by atoms with Gasteiger partial charge in [-0.05, 0) is 49.6 Å². The Labute approximate surface area is 177 Å². The minimum atomic E-state index is -4.12. The predicted molar refractivity (Wildman–Crippen MR) is 108 cm³/mol. The highest BCUT2D eigenvalue weighted by molar-refractivity contribution is 7.89. The fraction of sp³-hybridized carbons (Fsp3) is 0.350. The van der Waals surface area contributed by atoms with Crippen LogP contribution in [-0.4, -0.2) is 37.9 Å². The van der Waals surface area contributed by atoms with Crippen LogP contribution in [0.15, 0.2) is 41.3 Å². The Morgan fingerprint density at radius 3 is 2.63 bits per heavy atom. The van der Waals surface area contributed by atoms with Crippen LogP contribution < -0.4 is 5.32 Å². The number of amides is 1. The molecule has 2 aromatic rings. The number of nitrogens with one attached hydrogen (secondary N) is 1. The van der Waals surface area contributed by atoms with Crippen molar-refractivity contribution in [2.24, 2.45) is 0 Å². The fourth-order valence-corrected chi connectivity index (χ4v) is 5.14. The zero-order valence-electron chi connectivity index (χ0n) is 15.9. The van der Waals surface area contributed by atoms with Gasteiger partial charge in [0.05, 0.1) is 9.92 Å². The normalized spacial score (nSPS) is 18.1. The number of sulfonamides is 1. The van der Waals surface area contributed by atoms with E-state index in [9.17, 15) is 26.4 Å². The molecule has 0 unspecified atom stereocenters. The van der Waals surface area contributed by atoms with Crippen molar-refractivity contribution in [3.63, 3.8) is 0 Å². The van der Waals surface area contributed by atoms with Crippen LogP contribution >= 0.6 is 11.6 Å². The largest absolute Gasteiger partial charge is 0.322 e. The zero-order valence-corrected chi connectivity index (χ0v) is 17.4. The molecule has 1 saturated heterocycles. The van der Waals surface area contributed by atoms with Crippen molar-refractivity contribution in [1.29, 1.82) is 0 Å². The average molecular weight is 461 g/mol. The molecule has 10 heteroatoms. The number of hydrogen-bond donors (Lipinski definition) is 1. The first kappa shape index (κ1) is 22.6. The van der Waals surface area contributed by atoms with Crippen LogP contribution in [0.25, 0.3) is 0 Å². The van der Waals surface area contributed by atoms with Crippen molar-refractivity contribution in [2.75, 3.05) is 18.4 Å². The van der Waals surface area contributed by atoms with Crippen LogP contribution in [0, 0.1) is 5.82 Å². The number of hydrogen-bond acceptors (Lipinski definition) is 3. The van der Waals surface area contributed by atoms with Gasteiger partial charge in [0.1, 0.15) is 18.7 Å². The molecule has 1 N–H and O–H groups in total. The van der Waals surface area contributed by atoms with Crippen LogP contribution in [0.1, 0.15) is 35.2 Å². The molecule has 162 valence electrons. The molecule has 1 fully saturated rings. The zero-order chi connectivity index (χ0) is 21.9. The summed E-state index contributed by atoms with van der Waals surface area (Å²) < 4.78 is 67.7. The number of alkyl halides is 2. The molecule has 0 aliphatic carbocycles. The van der Waals surface area contributed by atoms with E-state index in [0.29, 0.717) is 6.42 Å². The first-order valence-corrected chi connectivity index (χ1v) is 11.1. The Morgan fingerprint density at radius 2 is 1.93 bits per heavy atom. The average Bonchev–Trinajstić information content (AvgIpc) is 2.95. The third-order valence-electron chi connectivity index (χ3n) is 4.89. The smallest absolute Gasteiger partial charge is 0.255 e. The van der Waals surface area contributed by atoms with Crippen LogP contribution in [0.4, 0.5) is 18.9 Å². The molecule has 0 bridgehead atoms. The molecule has 5 nitrogen and oxygen atoms in total. The van der Waals surface area contributed by atoms with E-state index in [1.54, 1.807) is 0 Å². The monoisotopic (exact) mass is 460 g/mol. The van der Waals surface area contributed by atoms with E-state index in [1.807, 2.05) is 0 Å². The molecule has 1 aliphatic heterocycles. The topological polar surface area (TPSA) is 66.5 Å². The first-order chi connectivity index (χ1) is 14.2. The van der Waals surface area contributed by atoms with E-state index in [1.165, 1.54) is 24.3 Å². The van der Waals surface area contributed by atoms with Crippen molar-refractivity contribution in [1.82, 2.24) is 4.31 Å². The molecule has 2 aromatic carbocycles. The lowest BCUT2D eigenvalue weighted by atomic mass is 10.1. The number of anilines is 1. The summed E-state index contributed by atoms with van der Waals surface area (Å²) in [4.78, 5) is 12.2. The van der Waals surface area contributed by atoms with Crippen LogP contribution in [-0.2, 0) is 16.7 Å². The van der Waals surface area contributed by atoms with Crippen LogP contribution in [0.5, 0.6) is 0 Å². The van der Waals surface area contributed by atoms with Gasteiger partial charge in [-0.15, -0.1) is 0 Å². The standard InChI is InChI=1S/C20H20ClF3N2O3S/c21-17-11-16(5-6-18(17)24)25-20(27)13-3-4-14(12-22)19(10-13)30(28,29)26-8-1-2-15(23)7-9-26/h3-6,10-11,15H,1-2,7-9,12H2,(H,25,27)/t15-/m0/s1. The van der Waals surface area contributed by atoms with Crippen molar-refractivity contribution >= 4 is 33.2 Å². The number of halogens is 4. The van der Waals surface area contributed by atoms with Gasteiger partial charge in [-0.3, -0.25) is 4.79 Å². The maximum absolute atomic E-state index is 13.6. The number of carbonyl (C=O) groups excluding carboxylic acids is 1. The summed E-state index contributed by atoms with van der Waals surface area (Å²) in [5.74, 6) is -1.32. The van der Waals surface area contributed by atoms with Crippen LogP contribution in [0.3, 0.4) is 0 Å². The summed E-state index contributed by atoms with van der Waals surface area (Å²) in [5.41, 5.74) is 0.105. The van der Waals surface area contributed by atoms with Crippen molar-refractivity contribution in [3.05, 3.63) is 58.4 Å². The second-order valence-electron chi connectivity index (χ2n) is 6.97. The molecule has 0 saturated carbocycles. The lowest BCUT2D eigenvalue weighted by Crippen LogP contribution is -2.33. The van der Waals surface area contributed by atoms with Gasteiger partial charge in [0.2, 0.25) is 10.0 Å². The Kier molecular flexibility index (Phi) is 7.05. The molecule has 0 radical (unpaired) electrons. The Hall–Kier alpha value is -2.10. The summed E-state index contributed by atoms with van der Waals surface area (Å²) >= 11 is 5.70. The van der Waals surface area contributed by atoms with Gasteiger partial charge in [0.25, 0.3) is 5.91 Å². The van der Waals surface area contributed by atoms with Crippen molar-refractivity contribution < 1.29 is 26.4 Å². The van der Waals surface area contributed by atoms with E-state index in [2.05, 4.69) is 5.32 Å². The quantitative estimate of drug-likeness (QED) is 0.702. The minimum absolute atomic E-state index is 0.0142. The Morgan fingerprint density at radius 1 is 1.17 bits per heavy atom. The third-order valence-corrected chi connectivity index (χ3v) is 7.16. The number of benzene rings is 2. The molecule has 1 atom stereocenters. The fourth-order valence-electron chi connectivity index (χ4n) is 3.23. The lowest BCUT2D eigenvalue weighted by molar-refractivity contribution is 0.102. The predicted octanol–water partition coefficient (Wildman–Crippen LogP) is 4.71. The maximum atomic E-state index is 13.6. The number of carbonyl (C=O) groups is 1. The van der Waals surface area contributed by atoms with Crippen molar-refractivity contribution in [3.8, 4) is 0 Å². The highest BCUT2D eigenvalue weighted by Gasteiger charge is 2.30. The maximum Gasteiger partial charge on any atom is 0.255 e. The Balaban J connectivity index is 1.90. The highest BCUT2D eigenvalue weighted by atomic mass is 35.5. The molecular formula is C20H20ClF3N2O3S. The minimum Gasteiger partial charge on any atom is -0.322 e. The summed E-state index contributed by atoms with van der Waals surface area (Å²) in [6.07, 6.45) is -0.387. The van der Waals surface area contributed by atoms with Gasteiger partial charge in [-0.25, -0.2) is 21.6 Å². The van der Waals surface area contributed by atoms with Crippen LogP contribution in [0.2, 0.25) is 5.02 Å². The molecule has 0 aromatic heterocycles. The van der Waals surface area contributed by atoms with E-state index in [-0.39, 0.29) is 52.7 Å². The van der Waals surface area contributed by atoms with Gasteiger partial charge in [-0.1, -0.05) is 17.7 Å². The molecule has 1 heterocycles. The van der Waals surface area contributed by atoms with E-state index < -0.39 is 34.6 Å². The second-order valence-corrected chi connectivity index (χ2v) is 9.28. The van der Waals surface area contributed by atoms with Gasteiger partial charge in [-0.2, -0.15) is 4.31 Å². The summed E-state index contributed by atoms with van der Waals surface area (Å²) in [7, 11) is -4.12. The van der Waals surface area contributed by atoms with Gasteiger partial charge in [0.15, 0.2) is 0 Å². The Bertz CT molecular complexity index is 1050. The summed E-state index contributed by atoms with van der Waals surface area (Å²) in [5, 5.41) is 2.31. The molecular weight excluding hydrogens is 441 g/mol. The van der Waals surface area contributed by atoms with E-state index in [0.717, 1.165) is 16.4 Å². The molecule has 1 aliphatic rings. The van der Waals surface area contributed by atoms with Gasteiger partial charge < -0.3 is 5.32 Å². The first-order valence-electron chi connectivity index (χ1n) is 9.32. The second kappa shape index (κ2) is 9.36. The number of nitrogens with zero attached hydrogens (tertiary/aromatic N) is 1. The molecule has 0 spiro atoms. The molecule has 30 heavy (non-hydrogen) atoms. The highest BCUT2D eigenvalue weighted by Crippen LogP contribution is 2.27. The summed E-state index contributed by atoms with van der Waals surface area (Å²) in [6.45, 7) is -0.928. The van der Waals surface area contributed by atoms with E-state index in [4.69, 9.17) is 11.6 Å². The van der Waals surface area contributed by atoms with Crippen molar-refractivity contribution in [2.45, 2.75) is 37.0 Å². The van der Waals surface area contributed by atoms with E-state index >= 15 is 0 Å². The number of rotatable bonds is 5. The third kappa shape index (κ3) is 4.96.